The first kappa shape index (κ1) is 7.86. The van der Waals surface area contributed by atoms with Crippen LogP contribution in [0.2, 0.25) is 0 Å². The van der Waals surface area contributed by atoms with Gasteiger partial charge in [0.15, 0.2) is 0 Å². The zero-order valence-corrected chi connectivity index (χ0v) is 7.02. The van der Waals surface area contributed by atoms with Gasteiger partial charge < -0.3 is 4.98 Å². The first-order valence-corrected chi connectivity index (χ1v) is 3.69. The fraction of sp³-hybridized carbons (Fsp3) is 0.200. The van der Waals surface area contributed by atoms with E-state index in [1.54, 1.807) is 6.08 Å². The van der Waals surface area contributed by atoms with E-state index in [1.165, 1.54) is 16.8 Å². The molecule has 1 N–H and O–H groups in total. The third-order valence-corrected chi connectivity index (χ3v) is 1.72. The van der Waals surface area contributed by atoms with Crippen LogP contribution in [-0.2, 0) is 0 Å². The molecule has 0 saturated carbocycles. The van der Waals surface area contributed by atoms with Gasteiger partial charge >= 0.3 is 0 Å². The number of H-pyrrole nitrogens is 1. The number of allylic oxidation sites excluding steroid dienone is 3. The topological polar surface area (TPSA) is 15.8 Å². The molecule has 0 radical (unpaired) electrons. The van der Waals surface area contributed by atoms with Crippen molar-refractivity contribution in [2.45, 2.75) is 13.8 Å². The second-order valence-corrected chi connectivity index (χ2v) is 2.62. The van der Waals surface area contributed by atoms with Crippen LogP contribution in [-0.4, -0.2) is 4.98 Å². The second kappa shape index (κ2) is 3.24. The molecule has 1 rings (SSSR count). The Hall–Kier alpha value is -1.24. The monoisotopic (exact) mass is 147 g/mol. The van der Waals surface area contributed by atoms with Crippen LogP contribution < -0.4 is 0 Å². The molecule has 1 aromatic heterocycles. The highest BCUT2D eigenvalue weighted by atomic mass is 14.7. The lowest BCUT2D eigenvalue weighted by Gasteiger charge is -1.97. The Morgan fingerprint density at radius 1 is 1.64 bits per heavy atom. The number of aryl methyl sites for hydroxylation is 1. The number of hydrogen-bond acceptors (Lipinski definition) is 0. The van der Waals surface area contributed by atoms with Crippen molar-refractivity contribution >= 4 is 5.57 Å². The molecule has 0 spiro atoms. The van der Waals surface area contributed by atoms with E-state index in [9.17, 15) is 0 Å². The van der Waals surface area contributed by atoms with Gasteiger partial charge in [0.05, 0.1) is 0 Å². The van der Waals surface area contributed by atoms with Gasteiger partial charge in [-0.1, -0.05) is 18.7 Å². The zero-order valence-electron chi connectivity index (χ0n) is 7.02. The van der Waals surface area contributed by atoms with Crippen LogP contribution in [0.3, 0.4) is 0 Å². The van der Waals surface area contributed by atoms with Crippen LogP contribution in [0.15, 0.2) is 31.0 Å². The van der Waals surface area contributed by atoms with Gasteiger partial charge in [0.2, 0.25) is 0 Å². The largest absolute Gasteiger partial charge is 0.361 e. The molecule has 1 nitrogen and oxygen atoms in total. The number of aromatic amines is 1. The maximum atomic E-state index is 3.65. The Labute approximate surface area is 67.5 Å². The van der Waals surface area contributed by atoms with Crippen LogP contribution in [0.1, 0.15) is 18.2 Å². The predicted molar refractivity (Wildman–Crippen MR) is 49.4 cm³/mol. The summed E-state index contributed by atoms with van der Waals surface area (Å²) in [7, 11) is 0. The summed E-state index contributed by atoms with van der Waals surface area (Å²) in [6.07, 6.45) is 5.75. The molecule has 0 fully saturated rings. The molecule has 0 amide bonds. The van der Waals surface area contributed by atoms with Crippen molar-refractivity contribution in [3.05, 3.63) is 42.3 Å². The number of aromatic nitrogens is 1. The lowest BCUT2D eigenvalue weighted by Crippen LogP contribution is -1.81. The number of hydrogen-bond donors (Lipinski definition) is 1. The zero-order chi connectivity index (χ0) is 8.27. The highest BCUT2D eigenvalue weighted by Gasteiger charge is 1.98. The average Bonchev–Trinajstić information content (AvgIpc) is 2.36. The van der Waals surface area contributed by atoms with E-state index >= 15 is 0 Å². The standard InChI is InChI=1S/C10H13N/c1-4-5-8(2)10-9(3)6-7-11-10/h4-7,11H,1H2,2-3H3/b8-5-. The van der Waals surface area contributed by atoms with E-state index < -0.39 is 0 Å². The number of nitrogens with one attached hydrogen (secondary N) is 1. The van der Waals surface area contributed by atoms with Crippen LogP contribution in [0, 0.1) is 6.92 Å². The molecule has 0 aliphatic heterocycles. The summed E-state index contributed by atoms with van der Waals surface area (Å²) in [5.74, 6) is 0. The maximum Gasteiger partial charge on any atom is 0.0439 e. The molecule has 0 unspecified atom stereocenters. The molecule has 0 aliphatic carbocycles. The Kier molecular flexibility index (Phi) is 2.32. The van der Waals surface area contributed by atoms with Crippen molar-refractivity contribution in [1.29, 1.82) is 0 Å². The Morgan fingerprint density at radius 3 is 2.82 bits per heavy atom. The van der Waals surface area contributed by atoms with Gasteiger partial charge in [-0.2, -0.15) is 0 Å². The molecule has 0 atom stereocenters. The molecular weight excluding hydrogens is 134 g/mol. The van der Waals surface area contributed by atoms with Gasteiger partial charge in [-0.25, -0.2) is 0 Å². The Bertz CT molecular complexity index is 279. The van der Waals surface area contributed by atoms with Gasteiger partial charge in [-0.3, -0.25) is 0 Å². The van der Waals surface area contributed by atoms with Crippen LogP contribution in [0.5, 0.6) is 0 Å². The van der Waals surface area contributed by atoms with E-state index in [4.69, 9.17) is 0 Å². The molecule has 0 saturated heterocycles. The summed E-state index contributed by atoms with van der Waals surface area (Å²) in [6, 6.07) is 2.07. The summed E-state index contributed by atoms with van der Waals surface area (Å²) >= 11 is 0. The highest BCUT2D eigenvalue weighted by molar-refractivity contribution is 5.64. The lowest BCUT2D eigenvalue weighted by atomic mass is 10.1. The van der Waals surface area contributed by atoms with Crippen molar-refractivity contribution in [3.8, 4) is 0 Å². The summed E-state index contributed by atoms with van der Waals surface area (Å²) in [4.78, 5) is 3.17. The molecular formula is C10H13N. The minimum atomic E-state index is 1.20. The van der Waals surface area contributed by atoms with Crippen LogP contribution in [0.25, 0.3) is 5.57 Å². The predicted octanol–water partition coefficient (Wildman–Crippen LogP) is 2.91. The third-order valence-electron chi connectivity index (χ3n) is 1.72. The van der Waals surface area contributed by atoms with Crippen molar-refractivity contribution in [1.82, 2.24) is 4.98 Å². The smallest absolute Gasteiger partial charge is 0.0439 e. The molecule has 11 heavy (non-hydrogen) atoms. The Morgan fingerprint density at radius 2 is 2.36 bits per heavy atom. The van der Waals surface area contributed by atoms with Gasteiger partial charge in [-0.05, 0) is 31.1 Å². The molecule has 1 heteroatoms. The molecule has 0 aromatic carbocycles. The van der Waals surface area contributed by atoms with E-state index in [1.807, 2.05) is 12.3 Å². The Balaban J connectivity index is 3.01. The normalized spacial score (nSPS) is 11.6. The summed E-state index contributed by atoms with van der Waals surface area (Å²) < 4.78 is 0. The quantitative estimate of drug-likeness (QED) is 0.619. The van der Waals surface area contributed by atoms with E-state index in [2.05, 4.69) is 31.5 Å². The van der Waals surface area contributed by atoms with E-state index in [-0.39, 0.29) is 0 Å². The van der Waals surface area contributed by atoms with E-state index in [0.29, 0.717) is 0 Å². The maximum absolute atomic E-state index is 3.65. The summed E-state index contributed by atoms with van der Waals surface area (Å²) in [6.45, 7) is 7.81. The summed E-state index contributed by atoms with van der Waals surface area (Å²) in [5, 5.41) is 0. The van der Waals surface area contributed by atoms with Crippen molar-refractivity contribution in [2.75, 3.05) is 0 Å². The summed E-state index contributed by atoms with van der Waals surface area (Å²) in [5.41, 5.74) is 3.70. The van der Waals surface area contributed by atoms with E-state index in [0.717, 1.165) is 0 Å². The fourth-order valence-electron chi connectivity index (χ4n) is 1.13. The minimum absolute atomic E-state index is 1.20. The lowest BCUT2D eigenvalue weighted by molar-refractivity contribution is 1.31. The van der Waals surface area contributed by atoms with Crippen molar-refractivity contribution in [3.63, 3.8) is 0 Å². The molecule has 58 valence electrons. The van der Waals surface area contributed by atoms with Gasteiger partial charge in [0.25, 0.3) is 0 Å². The molecule has 0 bridgehead atoms. The first-order chi connectivity index (χ1) is 5.25. The molecule has 0 aliphatic rings. The highest BCUT2D eigenvalue weighted by Crippen LogP contribution is 2.15. The second-order valence-electron chi connectivity index (χ2n) is 2.62. The molecule has 1 heterocycles. The van der Waals surface area contributed by atoms with Crippen LogP contribution >= 0.6 is 0 Å². The van der Waals surface area contributed by atoms with Gasteiger partial charge in [0, 0.05) is 11.9 Å². The number of rotatable bonds is 2. The SMILES string of the molecule is C=C/C=C(/C)c1[nH]ccc1C. The van der Waals surface area contributed by atoms with Gasteiger partial charge in [-0.15, -0.1) is 0 Å². The average molecular weight is 147 g/mol. The third kappa shape index (κ3) is 1.61. The van der Waals surface area contributed by atoms with Crippen LogP contribution in [0.4, 0.5) is 0 Å². The van der Waals surface area contributed by atoms with Crippen molar-refractivity contribution < 1.29 is 0 Å². The van der Waals surface area contributed by atoms with Crippen molar-refractivity contribution in [2.24, 2.45) is 0 Å². The van der Waals surface area contributed by atoms with Gasteiger partial charge in [0.1, 0.15) is 0 Å². The molecule has 1 aromatic rings. The fourth-order valence-corrected chi connectivity index (χ4v) is 1.13. The minimum Gasteiger partial charge on any atom is -0.361 e. The first-order valence-electron chi connectivity index (χ1n) is 3.69.